The third kappa shape index (κ3) is 7.18. The van der Waals surface area contributed by atoms with Gasteiger partial charge in [0, 0.05) is 24.4 Å². The molecule has 0 saturated carbocycles. The van der Waals surface area contributed by atoms with Crippen molar-refractivity contribution in [2.24, 2.45) is 0 Å². The fraction of sp³-hybridized carbons (Fsp3) is 0.419. The number of nitrogens with one attached hydrogen (secondary N) is 2. The van der Waals surface area contributed by atoms with Crippen LogP contribution >= 0.6 is 0 Å². The molecule has 2 aromatic carbocycles. The van der Waals surface area contributed by atoms with E-state index in [-0.39, 0.29) is 30.2 Å². The molecule has 2 amide bonds. The third-order valence-corrected chi connectivity index (χ3v) is 6.57. The molecule has 1 heterocycles. The summed E-state index contributed by atoms with van der Waals surface area (Å²) in [5.74, 6) is -0.0359. The zero-order valence-electron chi connectivity index (χ0n) is 23.8. The number of hydrogen-bond donors (Lipinski definition) is 3. The van der Waals surface area contributed by atoms with Crippen LogP contribution in [-0.4, -0.2) is 44.7 Å². The Kier molecular flexibility index (Phi) is 8.92. The molecule has 0 bridgehead atoms. The Labute approximate surface area is 226 Å². The van der Waals surface area contributed by atoms with Crippen LogP contribution in [0.2, 0.25) is 0 Å². The van der Waals surface area contributed by atoms with Crippen LogP contribution in [0.4, 0.5) is 4.79 Å². The minimum Gasteiger partial charge on any atom is -0.508 e. The number of rotatable bonds is 8. The molecule has 3 N–H and O–H groups in total. The Morgan fingerprint density at radius 1 is 1.00 bits per heavy atom. The number of carbonyl (C=O) groups excluding carboxylic acids is 2. The number of aromatic hydroxyl groups is 1. The van der Waals surface area contributed by atoms with E-state index in [1.165, 1.54) is 0 Å². The predicted molar refractivity (Wildman–Crippen MR) is 151 cm³/mol. The van der Waals surface area contributed by atoms with Crippen LogP contribution in [0.1, 0.15) is 70.0 Å². The number of aromatic amines is 1. The number of phenols is 1. The topological polar surface area (TPSA) is 94.7 Å². The number of alkyl carbamates (subject to hydrolysis) is 1. The lowest BCUT2D eigenvalue weighted by Crippen LogP contribution is -2.53. The fourth-order valence-corrected chi connectivity index (χ4v) is 4.82. The van der Waals surface area contributed by atoms with Crippen LogP contribution in [0, 0.1) is 13.8 Å². The highest BCUT2D eigenvalue weighted by Gasteiger charge is 2.34. The molecule has 2 unspecified atom stereocenters. The molecule has 0 aliphatic rings. The largest absolute Gasteiger partial charge is 0.508 e. The van der Waals surface area contributed by atoms with Gasteiger partial charge < -0.3 is 25.0 Å². The van der Waals surface area contributed by atoms with Gasteiger partial charge in [0.15, 0.2) is 0 Å². The van der Waals surface area contributed by atoms with Gasteiger partial charge in [0.2, 0.25) is 5.91 Å². The maximum atomic E-state index is 14.2. The Morgan fingerprint density at radius 3 is 2.16 bits per heavy atom. The number of phenolic OH excluding ortho intramolecular Hbond substituents is 1. The molecule has 0 fully saturated rings. The van der Waals surface area contributed by atoms with Gasteiger partial charge in [0.1, 0.15) is 17.4 Å². The Hall–Kier alpha value is -3.74. The van der Waals surface area contributed by atoms with Gasteiger partial charge >= 0.3 is 6.09 Å². The lowest BCUT2D eigenvalue weighted by atomic mass is 9.94. The monoisotopic (exact) mass is 519 g/mol. The number of hydrogen-bond acceptors (Lipinski definition) is 4. The average molecular weight is 520 g/mol. The molecule has 3 rings (SSSR count). The summed E-state index contributed by atoms with van der Waals surface area (Å²) < 4.78 is 5.51. The number of carbonyl (C=O) groups is 2. The van der Waals surface area contributed by atoms with Crippen molar-refractivity contribution in [3.05, 3.63) is 77.1 Å². The Bertz CT molecular complexity index is 1230. The molecule has 0 radical (unpaired) electrons. The highest BCUT2D eigenvalue weighted by Crippen LogP contribution is 2.29. The molecular weight excluding hydrogens is 478 g/mol. The molecule has 2 atom stereocenters. The van der Waals surface area contributed by atoms with Crippen molar-refractivity contribution in [2.45, 2.75) is 85.5 Å². The van der Waals surface area contributed by atoms with Gasteiger partial charge in [-0.25, -0.2) is 4.79 Å². The summed E-state index contributed by atoms with van der Waals surface area (Å²) in [6.07, 6.45) is 1.57. The van der Waals surface area contributed by atoms with Crippen LogP contribution in [0.5, 0.6) is 5.75 Å². The Morgan fingerprint density at radius 2 is 1.61 bits per heavy atom. The predicted octanol–water partition coefficient (Wildman–Crippen LogP) is 6.44. The second kappa shape index (κ2) is 11.8. The summed E-state index contributed by atoms with van der Waals surface area (Å²) in [6.45, 7) is 15.1. The number of aryl methyl sites for hydroxylation is 2. The third-order valence-electron chi connectivity index (χ3n) is 6.57. The van der Waals surface area contributed by atoms with Gasteiger partial charge in [0.25, 0.3) is 0 Å². The van der Waals surface area contributed by atoms with Crippen molar-refractivity contribution >= 4 is 12.0 Å². The van der Waals surface area contributed by atoms with Gasteiger partial charge in [0.05, 0.1) is 6.04 Å². The number of amides is 2. The first-order chi connectivity index (χ1) is 17.8. The lowest BCUT2D eigenvalue weighted by Gasteiger charge is -2.36. The molecule has 7 heteroatoms. The zero-order chi connectivity index (χ0) is 28.2. The van der Waals surface area contributed by atoms with Crippen molar-refractivity contribution in [1.29, 1.82) is 0 Å². The Balaban J connectivity index is 1.95. The molecule has 7 nitrogen and oxygen atoms in total. The molecule has 1 aromatic heterocycles. The number of H-pyrrole nitrogens is 1. The van der Waals surface area contributed by atoms with E-state index in [9.17, 15) is 14.7 Å². The fourth-order valence-electron chi connectivity index (χ4n) is 4.82. The van der Waals surface area contributed by atoms with Crippen LogP contribution in [0.3, 0.4) is 0 Å². The standard InChI is InChI=1S/C31H41N3O4/c1-19(2)34(22(5)27-16-24(18-32-27)23-12-10-9-11-13-23)29(36)28(33-30(37)38-31(6,7)8)17-26-20(3)14-25(35)15-21(26)4/h9-16,18-19,22,28,32,35H,17H2,1-8H3,(H,33,37). The van der Waals surface area contributed by atoms with E-state index in [2.05, 4.69) is 16.4 Å². The van der Waals surface area contributed by atoms with Crippen molar-refractivity contribution in [3.8, 4) is 16.9 Å². The first kappa shape index (κ1) is 28.8. The van der Waals surface area contributed by atoms with E-state index in [0.717, 1.165) is 33.5 Å². The smallest absolute Gasteiger partial charge is 0.408 e. The van der Waals surface area contributed by atoms with E-state index in [1.807, 2.05) is 71.1 Å². The van der Waals surface area contributed by atoms with Crippen molar-refractivity contribution in [3.63, 3.8) is 0 Å². The van der Waals surface area contributed by atoms with Gasteiger partial charge in [-0.1, -0.05) is 30.3 Å². The molecule has 0 saturated heterocycles. The molecular formula is C31H41N3O4. The normalized spacial score (nSPS) is 13.2. The zero-order valence-corrected chi connectivity index (χ0v) is 23.8. The summed E-state index contributed by atoms with van der Waals surface area (Å²) in [5.41, 5.74) is 4.94. The minimum absolute atomic E-state index is 0.133. The van der Waals surface area contributed by atoms with Crippen LogP contribution < -0.4 is 5.32 Å². The molecule has 0 aliphatic heterocycles. The number of ether oxygens (including phenoxy) is 1. The van der Waals surface area contributed by atoms with Crippen LogP contribution in [0.25, 0.3) is 11.1 Å². The second-order valence-electron chi connectivity index (χ2n) is 11.2. The number of benzene rings is 2. The van der Waals surface area contributed by atoms with Crippen LogP contribution in [0.15, 0.2) is 54.7 Å². The SMILES string of the molecule is Cc1cc(O)cc(C)c1CC(NC(=O)OC(C)(C)C)C(=O)N(C(C)C)C(C)c1cc(-c2ccccc2)c[nH]1. The molecule has 0 aliphatic carbocycles. The quantitative estimate of drug-likeness (QED) is 0.319. The van der Waals surface area contributed by atoms with Gasteiger partial charge in [-0.3, -0.25) is 4.79 Å². The van der Waals surface area contributed by atoms with E-state index in [0.29, 0.717) is 0 Å². The maximum absolute atomic E-state index is 14.2. The second-order valence-corrected chi connectivity index (χ2v) is 11.2. The molecule has 204 valence electrons. The first-order valence-corrected chi connectivity index (χ1v) is 13.1. The lowest BCUT2D eigenvalue weighted by molar-refractivity contribution is -0.137. The molecule has 38 heavy (non-hydrogen) atoms. The number of aromatic nitrogens is 1. The summed E-state index contributed by atoms with van der Waals surface area (Å²) in [5, 5.41) is 12.8. The van der Waals surface area contributed by atoms with Crippen molar-refractivity contribution < 1.29 is 19.4 Å². The van der Waals surface area contributed by atoms with E-state index in [1.54, 1.807) is 37.8 Å². The first-order valence-electron chi connectivity index (χ1n) is 13.1. The van der Waals surface area contributed by atoms with E-state index < -0.39 is 17.7 Å². The maximum Gasteiger partial charge on any atom is 0.408 e. The summed E-state index contributed by atoms with van der Waals surface area (Å²) >= 11 is 0. The summed E-state index contributed by atoms with van der Waals surface area (Å²) in [6, 6.07) is 14.2. The van der Waals surface area contributed by atoms with Crippen LogP contribution in [-0.2, 0) is 16.0 Å². The highest BCUT2D eigenvalue weighted by atomic mass is 16.6. The van der Waals surface area contributed by atoms with Gasteiger partial charge in [-0.05, 0) is 101 Å². The highest BCUT2D eigenvalue weighted by molar-refractivity contribution is 5.87. The van der Waals surface area contributed by atoms with Gasteiger partial charge in [-0.15, -0.1) is 0 Å². The van der Waals surface area contributed by atoms with Crippen molar-refractivity contribution in [1.82, 2.24) is 15.2 Å². The molecule has 3 aromatic rings. The molecule has 0 spiro atoms. The average Bonchev–Trinajstić information content (AvgIpc) is 3.30. The minimum atomic E-state index is -0.861. The summed E-state index contributed by atoms with van der Waals surface area (Å²) in [7, 11) is 0. The number of nitrogens with zero attached hydrogens (tertiary/aromatic N) is 1. The van der Waals surface area contributed by atoms with E-state index in [4.69, 9.17) is 4.74 Å². The van der Waals surface area contributed by atoms with Gasteiger partial charge in [-0.2, -0.15) is 0 Å². The van der Waals surface area contributed by atoms with E-state index >= 15 is 0 Å². The van der Waals surface area contributed by atoms with Crippen molar-refractivity contribution in [2.75, 3.05) is 0 Å². The summed E-state index contributed by atoms with van der Waals surface area (Å²) in [4.78, 5) is 32.1.